The molecule has 1 amide bonds. The third-order valence-corrected chi connectivity index (χ3v) is 4.69. The Morgan fingerprint density at radius 3 is 2.42 bits per heavy atom. The van der Waals surface area contributed by atoms with E-state index in [1.807, 2.05) is 60.7 Å². The van der Waals surface area contributed by atoms with Crippen molar-refractivity contribution in [2.24, 2.45) is 0 Å². The number of amides is 1. The summed E-state index contributed by atoms with van der Waals surface area (Å²) in [5, 5.41) is 3.22. The second kappa shape index (κ2) is 6.32. The molecule has 1 aliphatic carbocycles. The summed E-state index contributed by atoms with van der Waals surface area (Å²) in [7, 11) is 0. The summed E-state index contributed by atoms with van der Waals surface area (Å²) < 4.78 is 0. The first-order chi connectivity index (χ1) is 11.8. The Kier molecular flexibility index (Phi) is 3.87. The molecule has 0 bridgehead atoms. The zero-order chi connectivity index (χ0) is 16.4. The highest BCUT2D eigenvalue weighted by Crippen LogP contribution is 2.31. The zero-order valence-electron chi connectivity index (χ0n) is 13.4. The van der Waals surface area contributed by atoms with Gasteiger partial charge in [0.2, 0.25) is 0 Å². The summed E-state index contributed by atoms with van der Waals surface area (Å²) in [6, 6.07) is 26.4. The first kappa shape index (κ1) is 14.7. The number of hydrogen-bond donors (Lipinski definition) is 1. The Morgan fingerprint density at radius 1 is 0.833 bits per heavy atom. The van der Waals surface area contributed by atoms with Gasteiger partial charge in [0.15, 0.2) is 0 Å². The van der Waals surface area contributed by atoms with E-state index in [4.69, 9.17) is 0 Å². The van der Waals surface area contributed by atoms with Gasteiger partial charge in [0, 0.05) is 5.56 Å². The van der Waals surface area contributed by atoms with Gasteiger partial charge in [-0.05, 0) is 41.2 Å². The Hall–Kier alpha value is -2.87. The summed E-state index contributed by atoms with van der Waals surface area (Å²) in [6.45, 7) is 0. The fraction of sp³-hybridized carbons (Fsp3) is 0.136. The molecule has 1 aliphatic rings. The second-order valence-corrected chi connectivity index (χ2v) is 6.18. The predicted molar refractivity (Wildman–Crippen MR) is 96.8 cm³/mol. The molecule has 0 spiro atoms. The highest BCUT2D eigenvalue weighted by molar-refractivity contribution is 6.01. The number of carbonyl (C=O) groups is 1. The van der Waals surface area contributed by atoms with E-state index in [2.05, 4.69) is 23.5 Å². The first-order valence-electron chi connectivity index (χ1n) is 8.36. The van der Waals surface area contributed by atoms with Crippen molar-refractivity contribution in [3.05, 3.63) is 95.6 Å². The van der Waals surface area contributed by atoms with Crippen molar-refractivity contribution in [3.63, 3.8) is 0 Å². The van der Waals surface area contributed by atoms with Gasteiger partial charge in [-0.15, -0.1) is 0 Å². The van der Waals surface area contributed by atoms with Crippen LogP contribution in [0.2, 0.25) is 0 Å². The molecule has 3 aromatic carbocycles. The molecule has 0 heterocycles. The number of hydrogen-bond acceptors (Lipinski definition) is 1. The number of benzene rings is 3. The fourth-order valence-electron chi connectivity index (χ4n) is 3.49. The van der Waals surface area contributed by atoms with E-state index in [1.54, 1.807) is 0 Å². The molecule has 2 heteroatoms. The summed E-state index contributed by atoms with van der Waals surface area (Å²) in [4.78, 5) is 12.9. The lowest BCUT2D eigenvalue weighted by molar-refractivity contribution is 0.0937. The van der Waals surface area contributed by atoms with Crippen LogP contribution in [-0.4, -0.2) is 5.91 Å². The number of carbonyl (C=O) groups excluding carboxylic acids is 1. The Bertz CT molecular complexity index is 870. The van der Waals surface area contributed by atoms with Crippen molar-refractivity contribution >= 4 is 5.91 Å². The average molecular weight is 313 g/mol. The van der Waals surface area contributed by atoms with Crippen molar-refractivity contribution < 1.29 is 4.79 Å². The van der Waals surface area contributed by atoms with Crippen LogP contribution in [0.25, 0.3) is 11.1 Å². The lowest BCUT2D eigenvalue weighted by atomic mass is 9.98. The van der Waals surface area contributed by atoms with Gasteiger partial charge in [-0.2, -0.15) is 0 Å². The molecule has 2 nitrogen and oxygen atoms in total. The Morgan fingerprint density at radius 2 is 1.54 bits per heavy atom. The van der Waals surface area contributed by atoms with Gasteiger partial charge in [-0.25, -0.2) is 0 Å². The molecule has 1 atom stereocenters. The minimum Gasteiger partial charge on any atom is -0.345 e. The Balaban J connectivity index is 1.63. The molecule has 3 aromatic rings. The van der Waals surface area contributed by atoms with Crippen LogP contribution in [0.1, 0.15) is 33.9 Å². The Labute approximate surface area is 142 Å². The molecule has 0 saturated heterocycles. The van der Waals surface area contributed by atoms with Crippen LogP contribution in [0.15, 0.2) is 78.9 Å². The topological polar surface area (TPSA) is 29.1 Å². The van der Waals surface area contributed by atoms with E-state index in [0.717, 1.165) is 29.5 Å². The van der Waals surface area contributed by atoms with Gasteiger partial charge in [-0.1, -0.05) is 72.8 Å². The first-order valence-corrected chi connectivity index (χ1v) is 8.36. The number of fused-ring (bicyclic) bond motifs is 1. The minimum atomic E-state index is -0.00356. The van der Waals surface area contributed by atoms with Crippen molar-refractivity contribution in [1.82, 2.24) is 5.32 Å². The van der Waals surface area contributed by atoms with Crippen LogP contribution in [0.4, 0.5) is 0 Å². The lowest BCUT2D eigenvalue weighted by Gasteiger charge is -2.16. The number of aryl methyl sites for hydroxylation is 1. The number of rotatable bonds is 3. The maximum atomic E-state index is 12.9. The molecule has 24 heavy (non-hydrogen) atoms. The van der Waals surface area contributed by atoms with Gasteiger partial charge in [-0.3, -0.25) is 4.79 Å². The lowest BCUT2D eigenvalue weighted by Crippen LogP contribution is -2.27. The van der Waals surface area contributed by atoms with E-state index in [-0.39, 0.29) is 11.9 Å². The molecule has 4 rings (SSSR count). The smallest absolute Gasteiger partial charge is 0.252 e. The van der Waals surface area contributed by atoms with Crippen LogP contribution in [0.5, 0.6) is 0 Å². The van der Waals surface area contributed by atoms with Gasteiger partial charge >= 0.3 is 0 Å². The van der Waals surface area contributed by atoms with E-state index in [1.165, 1.54) is 11.1 Å². The third kappa shape index (κ3) is 2.71. The predicted octanol–water partition coefficient (Wildman–Crippen LogP) is 4.77. The summed E-state index contributed by atoms with van der Waals surface area (Å²) in [5.41, 5.74) is 5.37. The van der Waals surface area contributed by atoms with Crippen LogP contribution in [-0.2, 0) is 6.42 Å². The van der Waals surface area contributed by atoms with E-state index >= 15 is 0 Å². The van der Waals surface area contributed by atoms with Gasteiger partial charge < -0.3 is 5.32 Å². The van der Waals surface area contributed by atoms with E-state index < -0.39 is 0 Å². The molecule has 0 radical (unpaired) electrons. The average Bonchev–Trinajstić information content (AvgIpc) is 3.05. The highest BCUT2D eigenvalue weighted by Gasteiger charge is 2.24. The fourth-order valence-corrected chi connectivity index (χ4v) is 3.49. The molecule has 0 aromatic heterocycles. The molecule has 0 saturated carbocycles. The minimum absolute atomic E-state index is 0.00356. The molecular formula is C22H19NO. The molecule has 0 unspecified atom stereocenters. The zero-order valence-corrected chi connectivity index (χ0v) is 13.4. The van der Waals surface area contributed by atoms with Gasteiger partial charge in [0.25, 0.3) is 5.91 Å². The monoisotopic (exact) mass is 313 g/mol. The van der Waals surface area contributed by atoms with Crippen LogP contribution in [0, 0.1) is 0 Å². The molecule has 0 aliphatic heterocycles. The van der Waals surface area contributed by atoms with Crippen LogP contribution >= 0.6 is 0 Å². The SMILES string of the molecule is O=C(N[C@H]1CCc2ccccc21)c1ccccc1-c1ccccc1. The normalized spacial score (nSPS) is 15.8. The molecule has 1 N–H and O–H groups in total. The van der Waals surface area contributed by atoms with Crippen LogP contribution < -0.4 is 5.32 Å². The maximum Gasteiger partial charge on any atom is 0.252 e. The van der Waals surface area contributed by atoms with Gasteiger partial charge in [0.05, 0.1) is 6.04 Å². The maximum absolute atomic E-state index is 12.9. The highest BCUT2D eigenvalue weighted by atomic mass is 16.1. The van der Waals surface area contributed by atoms with E-state index in [9.17, 15) is 4.79 Å². The van der Waals surface area contributed by atoms with Gasteiger partial charge in [0.1, 0.15) is 0 Å². The third-order valence-electron chi connectivity index (χ3n) is 4.69. The molecule has 118 valence electrons. The van der Waals surface area contributed by atoms with Crippen molar-refractivity contribution in [2.75, 3.05) is 0 Å². The molecule has 0 fully saturated rings. The van der Waals surface area contributed by atoms with Crippen molar-refractivity contribution in [1.29, 1.82) is 0 Å². The number of nitrogens with one attached hydrogen (secondary N) is 1. The van der Waals surface area contributed by atoms with E-state index in [0.29, 0.717) is 0 Å². The van der Waals surface area contributed by atoms with Crippen molar-refractivity contribution in [2.45, 2.75) is 18.9 Å². The largest absolute Gasteiger partial charge is 0.345 e. The second-order valence-electron chi connectivity index (χ2n) is 6.18. The molecular weight excluding hydrogens is 294 g/mol. The standard InChI is InChI=1S/C22H19NO/c24-22(23-21-15-14-17-10-4-5-12-19(17)21)20-13-7-6-11-18(20)16-8-2-1-3-9-16/h1-13,21H,14-15H2,(H,23,24)/t21-/m0/s1. The quantitative estimate of drug-likeness (QED) is 0.741. The summed E-state index contributed by atoms with van der Waals surface area (Å²) in [5.74, 6) is -0.00356. The summed E-state index contributed by atoms with van der Waals surface area (Å²) in [6.07, 6.45) is 2.00. The van der Waals surface area contributed by atoms with Crippen molar-refractivity contribution in [3.8, 4) is 11.1 Å². The van der Waals surface area contributed by atoms with Crippen LogP contribution in [0.3, 0.4) is 0 Å². The summed E-state index contributed by atoms with van der Waals surface area (Å²) >= 11 is 0.